The third kappa shape index (κ3) is 4.55. The average molecular weight is 451 g/mol. The molecule has 2 amide bonds. The minimum absolute atomic E-state index is 0.208. The second-order valence-corrected chi connectivity index (χ2v) is 8.67. The summed E-state index contributed by atoms with van der Waals surface area (Å²) in [6, 6.07) is 17.2. The molecule has 0 spiro atoms. The van der Waals surface area contributed by atoms with Crippen LogP contribution in [0.5, 0.6) is 0 Å². The Balaban J connectivity index is 1.44. The number of para-hydroxylation sites is 1. The predicted molar refractivity (Wildman–Crippen MR) is 124 cm³/mol. The number of hydrogen-bond acceptors (Lipinski definition) is 4. The molecule has 0 unspecified atom stereocenters. The van der Waals surface area contributed by atoms with Gasteiger partial charge in [0, 0.05) is 24.0 Å². The number of aromatic nitrogens is 2. The Morgan fingerprint density at radius 1 is 1.00 bits per heavy atom. The van der Waals surface area contributed by atoms with Gasteiger partial charge in [-0.1, -0.05) is 38.1 Å². The molecule has 0 atom stereocenters. The quantitative estimate of drug-likeness (QED) is 0.407. The van der Waals surface area contributed by atoms with Gasteiger partial charge in [0.05, 0.1) is 16.3 Å². The molecule has 0 saturated carbocycles. The molecule has 2 aromatic heterocycles. The first-order valence-electron chi connectivity index (χ1n) is 10.3. The van der Waals surface area contributed by atoms with Gasteiger partial charge < -0.3 is 10.6 Å². The van der Waals surface area contributed by atoms with Crippen LogP contribution in [0.4, 0.5) is 4.39 Å². The van der Waals surface area contributed by atoms with Gasteiger partial charge in [-0.3, -0.25) is 9.59 Å². The standard InChI is InChI=1S/C24H23FN4O2S/c1-15(2)21-19-14-20(32-24(19)29(28-21)18-9-4-3-5-10-18)23(31)27-12-11-26-22(30)16-7-6-8-17(25)13-16/h3-10,13-15H,11-12H2,1-2H3,(H,26,30)(H,27,31). The lowest BCUT2D eigenvalue weighted by atomic mass is 10.1. The van der Waals surface area contributed by atoms with E-state index in [1.54, 1.807) is 0 Å². The van der Waals surface area contributed by atoms with Gasteiger partial charge in [0.15, 0.2) is 0 Å². The third-order valence-corrected chi connectivity index (χ3v) is 6.05. The zero-order valence-electron chi connectivity index (χ0n) is 17.8. The molecule has 0 saturated heterocycles. The fourth-order valence-corrected chi connectivity index (χ4v) is 4.44. The van der Waals surface area contributed by atoms with Crippen LogP contribution in [0.2, 0.25) is 0 Å². The number of fused-ring (bicyclic) bond motifs is 1. The van der Waals surface area contributed by atoms with E-state index in [2.05, 4.69) is 24.5 Å². The molecule has 4 aromatic rings. The number of thiophene rings is 1. The first-order chi connectivity index (χ1) is 15.4. The average Bonchev–Trinajstić information content (AvgIpc) is 3.36. The van der Waals surface area contributed by atoms with Crippen molar-refractivity contribution < 1.29 is 14.0 Å². The predicted octanol–water partition coefficient (Wildman–Crippen LogP) is 4.51. The molecule has 2 aromatic carbocycles. The highest BCUT2D eigenvalue weighted by atomic mass is 32.1. The van der Waals surface area contributed by atoms with E-state index in [1.165, 1.54) is 35.6 Å². The summed E-state index contributed by atoms with van der Waals surface area (Å²) in [6.07, 6.45) is 0. The van der Waals surface area contributed by atoms with Crippen molar-refractivity contribution in [1.82, 2.24) is 20.4 Å². The van der Waals surface area contributed by atoms with E-state index < -0.39 is 5.82 Å². The maximum absolute atomic E-state index is 13.2. The Kier molecular flexibility index (Phi) is 6.32. The van der Waals surface area contributed by atoms with Gasteiger partial charge >= 0.3 is 0 Å². The lowest BCUT2D eigenvalue weighted by molar-refractivity contribution is 0.0929. The maximum Gasteiger partial charge on any atom is 0.261 e. The molecule has 0 aliphatic carbocycles. The number of hydrogen-bond donors (Lipinski definition) is 2. The molecule has 32 heavy (non-hydrogen) atoms. The van der Waals surface area contributed by atoms with Crippen LogP contribution < -0.4 is 10.6 Å². The number of carbonyl (C=O) groups is 2. The van der Waals surface area contributed by atoms with Gasteiger partial charge in [0.2, 0.25) is 0 Å². The smallest absolute Gasteiger partial charge is 0.261 e. The van der Waals surface area contributed by atoms with E-state index in [0.717, 1.165) is 21.6 Å². The highest BCUT2D eigenvalue weighted by Crippen LogP contribution is 2.33. The molecule has 2 N–H and O–H groups in total. The monoisotopic (exact) mass is 450 g/mol. The highest BCUT2D eigenvalue weighted by molar-refractivity contribution is 7.20. The second kappa shape index (κ2) is 9.32. The molecule has 6 nitrogen and oxygen atoms in total. The van der Waals surface area contributed by atoms with Crippen molar-refractivity contribution in [3.8, 4) is 5.69 Å². The molecule has 0 aliphatic rings. The number of benzene rings is 2. The van der Waals surface area contributed by atoms with E-state index in [9.17, 15) is 14.0 Å². The topological polar surface area (TPSA) is 76.0 Å². The van der Waals surface area contributed by atoms with E-state index >= 15 is 0 Å². The number of rotatable bonds is 7. The van der Waals surface area contributed by atoms with Crippen molar-refractivity contribution in [3.63, 3.8) is 0 Å². The molecule has 4 rings (SSSR count). The Hall–Kier alpha value is -3.52. The lowest BCUT2D eigenvalue weighted by Gasteiger charge is -2.07. The third-order valence-electron chi connectivity index (χ3n) is 4.94. The number of nitrogens with zero attached hydrogens (tertiary/aromatic N) is 2. The van der Waals surface area contributed by atoms with Gasteiger partial charge in [-0.15, -0.1) is 11.3 Å². The van der Waals surface area contributed by atoms with Crippen molar-refractivity contribution in [3.05, 3.63) is 82.6 Å². The molecule has 164 valence electrons. The molecular weight excluding hydrogens is 427 g/mol. The van der Waals surface area contributed by atoms with Crippen molar-refractivity contribution >= 4 is 33.4 Å². The van der Waals surface area contributed by atoms with Crippen LogP contribution in [0.15, 0.2) is 60.7 Å². The maximum atomic E-state index is 13.2. The largest absolute Gasteiger partial charge is 0.350 e. The van der Waals surface area contributed by atoms with E-state index in [1.807, 2.05) is 41.1 Å². The van der Waals surface area contributed by atoms with Gasteiger partial charge in [0.1, 0.15) is 10.6 Å². The van der Waals surface area contributed by atoms with Gasteiger partial charge in [0.25, 0.3) is 11.8 Å². The molecule has 8 heteroatoms. The summed E-state index contributed by atoms with van der Waals surface area (Å²) >= 11 is 1.39. The van der Waals surface area contributed by atoms with Crippen LogP contribution in [0.25, 0.3) is 15.9 Å². The molecular formula is C24H23FN4O2S. The van der Waals surface area contributed by atoms with Gasteiger partial charge in [-0.2, -0.15) is 5.10 Å². The molecule has 0 aliphatic heterocycles. The zero-order chi connectivity index (χ0) is 22.7. The summed E-state index contributed by atoms with van der Waals surface area (Å²) < 4.78 is 15.1. The Labute approximate surface area is 189 Å². The van der Waals surface area contributed by atoms with Crippen molar-refractivity contribution in [2.24, 2.45) is 0 Å². The van der Waals surface area contributed by atoms with Crippen LogP contribution in [0.3, 0.4) is 0 Å². The number of nitrogens with one attached hydrogen (secondary N) is 2. The number of carbonyl (C=O) groups excluding carboxylic acids is 2. The Morgan fingerprint density at radius 2 is 1.72 bits per heavy atom. The van der Waals surface area contributed by atoms with E-state index in [-0.39, 0.29) is 36.4 Å². The Bertz CT molecular complexity index is 1260. The fourth-order valence-electron chi connectivity index (χ4n) is 3.38. The summed E-state index contributed by atoms with van der Waals surface area (Å²) in [5, 5.41) is 11.2. The summed E-state index contributed by atoms with van der Waals surface area (Å²) in [6.45, 7) is 4.66. The summed E-state index contributed by atoms with van der Waals surface area (Å²) in [5.74, 6) is -0.845. The van der Waals surface area contributed by atoms with Gasteiger partial charge in [-0.05, 0) is 42.3 Å². The first-order valence-corrected chi connectivity index (χ1v) is 11.2. The lowest BCUT2D eigenvalue weighted by Crippen LogP contribution is -2.34. The Morgan fingerprint density at radius 3 is 2.41 bits per heavy atom. The molecule has 2 heterocycles. The van der Waals surface area contributed by atoms with Crippen LogP contribution in [0, 0.1) is 5.82 Å². The fraction of sp³-hybridized carbons (Fsp3) is 0.208. The van der Waals surface area contributed by atoms with E-state index in [0.29, 0.717) is 4.88 Å². The van der Waals surface area contributed by atoms with Gasteiger partial charge in [-0.25, -0.2) is 9.07 Å². The summed E-state index contributed by atoms with van der Waals surface area (Å²) in [7, 11) is 0. The zero-order valence-corrected chi connectivity index (χ0v) is 18.6. The van der Waals surface area contributed by atoms with Crippen molar-refractivity contribution in [2.75, 3.05) is 13.1 Å². The molecule has 0 fully saturated rings. The van der Waals surface area contributed by atoms with E-state index in [4.69, 9.17) is 5.10 Å². The highest BCUT2D eigenvalue weighted by Gasteiger charge is 2.20. The molecule has 0 bridgehead atoms. The summed E-state index contributed by atoms with van der Waals surface area (Å²) in [4.78, 5) is 26.3. The van der Waals surface area contributed by atoms with Crippen molar-refractivity contribution in [1.29, 1.82) is 0 Å². The van der Waals surface area contributed by atoms with Crippen LogP contribution in [0.1, 0.15) is 45.5 Å². The van der Waals surface area contributed by atoms with Crippen LogP contribution in [-0.2, 0) is 0 Å². The minimum atomic E-state index is -0.467. The van der Waals surface area contributed by atoms with Crippen LogP contribution in [-0.4, -0.2) is 34.7 Å². The van der Waals surface area contributed by atoms with Crippen LogP contribution >= 0.6 is 11.3 Å². The second-order valence-electron chi connectivity index (χ2n) is 7.64. The summed E-state index contributed by atoms with van der Waals surface area (Å²) in [5.41, 5.74) is 2.13. The normalized spacial score (nSPS) is 11.1. The van der Waals surface area contributed by atoms with Crippen molar-refractivity contribution in [2.45, 2.75) is 19.8 Å². The minimum Gasteiger partial charge on any atom is -0.350 e. The molecule has 0 radical (unpaired) electrons. The SMILES string of the molecule is CC(C)c1nn(-c2ccccc2)c2sc(C(=O)NCCNC(=O)c3cccc(F)c3)cc12. The number of halogens is 1. The number of amides is 2. The first kappa shape index (κ1) is 21.7.